The van der Waals surface area contributed by atoms with Crippen molar-refractivity contribution in [3.8, 4) is 0 Å². The van der Waals surface area contributed by atoms with Crippen molar-refractivity contribution in [2.45, 2.75) is 346 Å². The number of aliphatic hydroxyl groups excluding tert-OH is 5. The van der Waals surface area contributed by atoms with Crippen molar-refractivity contribution in [3.05, 3.63) is 60.8 Å². The number of carbonyl (C=O) groups excluding carboxylic acids is 2. The second-order valence-electron chi connectivity index (χ2n) is 22.8. The summed E-state index contributed by atoms with van der Waals surface area (Å²) in [5, 5.41) is 57.0. The molecule has 79 heavy (non-hydrogen) atoms. The van der Waals surface area contributed by atoms with E-state index < -0.39 is 67.4 Å². The molecule has 0 saturated carbocycles. The molecule has 0 spiro atoms. The Bertz CT molecular complexity index is 1510. The van der Waals surface area contributed by atoms with Gasteiger partial charge in [0, 0.05) is 6.42 Å². The normalized spacial score (nSPS) is 19.2. The van der Waals surface area contributed by atoms with Gasteiger partial charge in [0.05, 0.1) is 25.4 Å². The smallest absolute Gasteiger partial charge is 0.306 e. The minimum atomic E-state index is -1.62. The number of unbranched alkanes of at least 4 members (excludes halogenated alkanes) is 34. The highest BCUT2D eigenvalue weighted by Crippen LogP contribution is 2.26. The van der Waals surface area contributed by atoms with Crippen molar-refractivity contribution < 1.29 is 49.3 Å². The van der Waals surface area contributed by atoms with Crippen LogP contribution in [-0.2, 0) is 23.8 Å². The summed E-state index contributed by atoms with van der Waals surface area (Å²) in [4.78, 5) is 26.6. The Labute approximate surface area is 484 Å². The highest BCUT2D eigenvalue weighted by Gasteiger charge is 2.47. The third-order valence-corrected chi connectivity index (χ3v) is 15.4. The number of nitrogens with one attached hydrogen (secondary N) is 1. The average molecular weight is 1110 g/mol. The molecule has 1 heterocycles. The van der Waals surface area contributed by atoms with Crippen molar-refractivity contribution in [2.75, 3.05) is 13.2 Å². The van der Waals surface area contributed by atoms with Crippen LogP contribution in [0.2, 0.25) is 0 Å². The van der Waals surface area contributed by atoms with Gasteiger partial charge in [-0.1, -0.05) is 261 Å². The molecule has 1 fully saturated rings. The molecule has 1 saturated heterocycles. The Morgan fingerprint density at radius 1 is 0.494 bits per heavy atom. The Morgan fingerprint density at radius 3 is 1.34 bits per heavy atom. The zero-order valence-electron chi connectivity index (χ0n) is 51.0. The zero-order valence-corrected chi connectivity index (χ0v) is 51.0. The lowest BCUT2D eigenvalue weighted by atomic mass is 9.99. The maximum absolute atomic E-state index is 13.4. The number of allylic oxidation sites excluding steroid dienone is 9. The number of hydrogen-bond donors (Lipinski definition) is 6. The molecule has 0 aromatic rings. The summed E-state index contributed by atoms with van der Waals surface area (Å²) in [6.07, 6.45) is 59.7. The molecule has 0 aliphatic carbocycles. The maximum atomic E-state index is 13.4. The highest BCUT2D eigenvalue weighted by atomic mass is 16.7. The molecule has 1 aliphatic rings. The van der Waals surface area contributed by atoms with Crippen LogP contribution >= 0.6 is 0 Å². The van der Waals surface area contributed by atoms with Crippen LogP contribution in [-0.4, -0.2) is 99.6 Å². The quantitative estimate of drug-likeness (QED) is 0.0195. The fraction of sp³-hybridized carbons (Fsp3) is 0.824. The van der Waals surface area contributed by atoms with Crippen LogP contribution in [0.1, 0.15) is 297 Å². The maximum Gasteiger partial charge on any atom is 0.306 e. The standard InChI is InChI=1S/C68H123NO10/c1-4-7-10-13-16-19-22-24-26-28-29-30-31-32-33-34-36-38-41-44-47-50-53-56-63(73)79-66-65(75)64(74)62(57-70)78-68(66)77-58-59(60(71)54-51-48-45-42-39-21-18-15-12-9-6-3)69-67(76)61(72)55-52-49-46-43-40-37-35-27-25-23-20-17-14-11-8-5-2/h16,19,24-27,29-30,51,54,59-62,64-66,68,70-72,74-75H,4-15,17-18,20-23,28,31-50,52-53,55-58H2,1-3H3,(H,69,76)/b19-16-,26-24-,27-25+,30-29-,54-51+. The summed E-state index contributed by atoms with van der Waals surface area (Å²) < 4.78 is 17.6. The monoisotopic (exact) mass is 1110 g/mol. The van der Waals surface area contributed by atoms with E-state index in [0.717, 1.165) is 89.9 Å². The Balaban J connectivity index is 2.60. The lowest BCUT2D eigenvalue weighted by Gasteiger charge is -2.41. The Morgan fingerprint density at radius 2 is 0.873 bits per heavy atom. The predicted molar refractivity (Wildman–Crippen MR) is 329 cm³/mol. The Hall–Kier alpha value is -2.64. The molecule has 8 unspecified atom stereocenters. The van der Waals surface area contributed by atoms with E-state index in [4.69, 9.17) is 14.2 Å². The molecule has 0 bridgehead atoms. The van der Waals surface area contributed by atoms with Crippen molar-refractivity contribution in [2.24, 2.45) is 0 Å². The van der Waals surface area contributed by atoms with Gasteiger partial charge in [-0.2, -0.15) is 0 Å². The molecule has 1 rings (SSSR count). The van der Waals surface area contributed by atoms with Crippen molar-refractivity contribution >= 4 is 11.9 Å². The van der Waals surface area contributed by atoms with Crippen LogP contribution in [0.3, 0.4) is 0 Å². The van der Waals surface area contributed by atoms with E-state index >= 15 is 0 Å². The summed E-state index contributed by atoms with van der Waals surface area (Å²) in [6.45, 7) is 5.76. The first kappa shape index (κ1) is 74.4. The van der Waals surface area contributed by atoms with Gasteiger partial charge in [-0.05, 0) is 89.9 Å². The number of aliphatic hydroxyl groups is 5. The molecule has 0 aromatic carbocycles. The molecule has 11 nitrogen and oxygen atoms in total. The van der Waals surface area contributed by atoms with E-state index in [-0.39, 0.29) is 19.4 Å². The number of hydrogen-bond acceptors (Lipinski definition) is 10. The molecule has 0 aromatic heterocycles. The summed E-state index contributed by atoms with van der Waals surface area (Å²) in [7, 11) is 0. The number of rotatable bonds is 56. The topological polar surface area (TPSA) is 175 Å². The van der Waals surface area contributed by atoms with Crippen LogP contribution in [0.4, 0.5) is 0 Å². The second kappa shape index (κ2) is 55.9. The van der Waals surface area contributed by atoms with Gasteiger partial charge in [0.1, 0.15) is 24.4 Å². The minimum Gasteiger partial charge on any atom is -0.454 e. The van der Waals surface area contributed by atoms with Crippen LogP contribution in [0.15, 0.2) is 60.8 Å². The third-order valence-electron chi connectivity index (χ3n) is 15.4. The van der Waals surface area contributed by atoms with Gasteiger partial charge in [-0.15, -0.1) is 0 Å². The van der Waals surface area contributed by atoms with Gasteiger partial charge in [-0.25, -0.2) is 0 Å². The van der Waals surface area contributed by atoms with E-state index in [2.05, 4.69) is 74.7 Å². The van der Waals surface area contributed by atoms with Crippen LogP contribution < -0.4 is 5.32 Å². The van der Waals surface area contributed by atoms with Crippen LogP contribution in [0.5, 0.6) is 0 Å². The summed E-state index contributed by atoms with van der Waals surface area (Å²) in [5.41, 5.74) is 0. The van der Waals surface area contributed by atoms with Gasteiger partial charge < -0.3 is 45.1 Å². The number of amides is 1. The summed E-state index contributed by atoms with van der Waals surface area (Å²) in [6, 6.07) is -1.03. The summed E-state index contributed by atoms with van der Waals surface area (Å²) >= 11 is 0. The third kappa shape index (κ3) is 43.7. The SMILES string of the molecule is CCCCC/C=C\C/C=C\C/C=C\CCCCCCCCCCCCC(=O)OC1C(OCC(NC(=O)C(O)CCCCCCCC/C=C/CCCCCCCC)C(O)/C=C/CCCCCCCCCCC)OC(CO)C(O)C1O. The second-order valence-corrected chi connectivity index (χ2v) is 22.8. The van der Waals surface area contributed by atoms with Crippen molar-refractivity contribution in [1.82, 2.24) is 5.32 Å². The van der Waals surface area contributed by atoms with Crippen LogP contribution in [0.25, 0.3) is 0 Å². The Kier molecular flexibility index (Phi) is 52.6. The lowest BCUT2D eigenvalue weighted by Crippen LogP contribution is -2.61. The van der Waals surface area contributed by atoms with Crippen molar-refractivity contribution in [3.63, 3.8) is 0 Å². The molecule has 11 heteroatoms. The molecule has 6 N–H and O–H groups in total. The first-order valence-corrected chi connectivity index (χ1v) is 33.1. The van der Waals surface area contributed by atoms with E-state index in [1.54, 1.807) is 6.08 Å². The first-order chi connectivity index (χ1) is 38.7. The molecule has 1 aliphatic heterocycles. The molecule has 460 valence electrons. The van der Waals surface area contributed by atoms with E-state index in [9.17, 15) is 35.1 Å². The van der Waals surface area contributed by atoms with E-state index in [0.29, 0.717) is 12.8 Å². The van der Waals surface area contributed by atoms with Gasteiger partial charge >= 0.3 is 5.97 Å². The molecular formula is C68H123NO10. The molecule has 1 amide bonds. The van der Waals surface area contributed by atoms with E-state index in [1.807, 2.05) is 6.08 Å². The highest BCUT2D eigenvalue weighted by molar-refractivity contribution is 5.80. The average Bonchev–Trinajstić information content (AvgIpc) is 3.47. The van der Waals surface area contributed by atoms with Gasteiger partial charge in [-0.3, -0.25) is 9.59 Å². The fourth-order valence-electron chi connectivity index (χ4n) is 10.1. The van der Waals surface area contributed by atoms with Gasteiger partial charge in [0.15, 0.2) is 12.4 Å². The van der Waals surface area contributed by atoms with Gasteiger partial charge in [0.2, 0.25) is 5.91 Å². The summed E-state index contributed by atoms with van der Waals surface area (Å²) in [5.74, 6) is -1.20. The predicted octanol–water partition coefficient (Wildman–Crippen LogP) is 16.2. The number of esters is 1. The fourth-order valence-corrected chi connectivity index (χ4v) is 10.1. The van der Waals surface area contributed by atoms with Crippen LogP contribution in [0, 0.1) is 0 Å². The molecular weight excluding hydrogens is 991 g/mol. The van der Waals surface area contributed by atoms with E-state index in [1.165, 1.54) is 161 Å². The van der Waals surface area contributed by atoms with Crippen molar-refractivity contribution in [1.29, 1.82) is 0 Å². The zero-order chi connectivity index (χ0) is 57.5. The lowest BCUT2D eigenvalue weighted by molar-refractivity contribution is -0.305. The molecule has 0 radical (unpaired) electrons. The minimum absolute atomic E-state index is 0.118. The first-order valence-electron chi connectivity index (χ1n) is 33.1. The molecule has 8 atom stereocenters. The number of carbonyl (C=O) groups is 2. The number of ether oxygens (including phenoxy) is 3. The van der Waals surface area contributed by atoms with Gasteiger partial charge in [0.25, 0.3) is 0 Å². The largest absolute Gasteiger partial charge is 0.454 e.